The molecule has 0 fully saturated rings. The van der Waals surface area contributed by atoms with E-state index in [-0.39, 0.29) is 48.1 Å². The number of phenolic OH excluding ortho intramolecular Hbond substituents is 1. The zero-order valence-electron chi connectivity index (χ0n) is 23.4. The third-order valence-corrected chi connectivity index (χ3v) is 8.60. The molecule has 1 aromatic heterocycles. The molecule has 0 saturated heterocycles. The molecule has 0 aliphatic rings. The van der Waals surface area contributed by atoms with Gasteiger partial charge in [0, 0.05) is 36.3 Å². The zero-order chi connectivity index (χ0) is 30.4. The SMILES string of the molecule is CC(C)CN(C[C@@H](O)[C@H](Cc1ccccc1)NC(=O)Cc1cc(=O)oc2cc(O)ccc12)S(=O)(=O)c1ccc(N)cc1. The van der Waals surface area contributed by atoms with Crippen LogP contribution in [0.3, 0.4) is 0 Å². The predicted molar refractivity (Wildman–Crippen MR) is 160 cm³/mol. The molecule has 5 N–H and O–H groups in total. The maximum Gasteiger partial charge on any atom is 0.336 e. The van der Waals surface area contributed by atoms with E-state index in [1.165, 1.54) is 46.8 Å². The topological polar surface area (TPSA) is 163 Å². The number of phenols is 1. The summed E-state index contributed by atoms with van der Waals surface area (Å²) in [6.45, 7) is 3.64. The number of hydrogen-bond donors (Lipinski definition) is 4. The summed E-state index contributed by atoms with van der Waals surface area (Å²) in [5, 5.41) is 24.5. The molecule has 4 rings (SSSR count). The first-order chi connectivity index (χ1) is 19.9. The van der Waals surface area contributed by atoms with Crippen LogP contribution < -0.4 is 16.7 Å². The van der Waals surface area contributed by atoms with Crippen LogP contribution in [-0.4, -0.2) is 54.1 Å². The number of carbonyl (C=O) groups excluding carboxylic acids is 1. The summed E-state index contributed by atoms with van der Waals surface area (Å²) < 4.78 is 33.5. The van der Waals surface area contributed by atoms with Crippen LogP contribution in [0.25, 0.3) is 11.0 Å². The van der Waals surface area contributed by atoms with E-state index in [0.29, 0.717) is 16.6 Å². The lowest BCUT2D eigenvalue weighted by Gasteiger charge is -2.31. The number of nitrogens with two attached hydrogens (primary N) is 1. The van der Waals surface area contributed by atoms with Crippen molar-refractivity contribution in [2.75, 3.05) is 18.8 Å². The number of anilines is 1. The fraction of sp³-hybridized carbons (Fsp3) is 0.290. The lowest BCUT2D eigenvalue weighted by Crippen LogP contribution is -2.51. The highest BCUT2D eigenvalue weighted by Crippen LogP contribution is 2.23. The molecule has 10 nitrogen and oxygen atoms in total. The predicted octanol–water partition coefficient (Wildman–Crippen LogP) is 3.06. The molecular formula is C31H35N3O7S. The number of fused-ring (bicyclic) bond motifs is 1. The van der Waals surface area contributed by atoms with E-state index in [1.807, 2.05) is 44.2 Å². The first-order valence-electron chi connectivity index (χ1n) is 13.5. The quantitative estimate of drug-likeness (QED) is 0.144. The molecule has 0 aliphatic heterocycles. The molecule has 42 heavy (non-hydrogen) atoms. The molecule has 11 heteroatoms. The number of aromatic hydroxyl groups is 1. The average Bonchev–Trinajstić information content (AvgIpc) is 2.92. The lowest BCUT2D eigenvalue weighted by molar-refractivity contribution is -0.122. The standard InChI is InChI=1S/C31H35N3O7S/c1-20(2)18-34(42(39,40)25-11-8-23(32)9-12-25)19-28(36)27(14-21-6-4-3-5-7-21)33-30(37)15-22-16-31(38)41-29-17-24(35)10-13-26(22)29/h3-13,16-17,20,27-28,35-36H,14-15,18-19,32H2,1-2H3,(H,33,37)/t27-,28+/m0/s1. The van der Waals surface area contributed by atoms with E-state index in [0.717, 1.165) is 5.56 Å². The lowest BCUT2D eigenvalue weighted by atomic mass is 10.00. The Bertz CT molecular complexity index is 1690. The van der Waals surface area contributed by atoms with E-state index in [4.69, 9.17) is 10.2 Å². The number of hydrogen-bond acceptors (Lipinski definition) is 8. The van der Waals surface area contributed by atoms with Crippen molar-refractivity contribution in [3.8, 4) is 5.75 Å². The number of nitrogen functional groups attached to an aromatic ring is 1. The highest BCUT2D eigenvalue weighted by molar-refractivity contribution is 7.89. The summed E-state index contributed by atoms with van der Waals surface area (Å²) in [6, 6.07) is 19.7. The van der Waals surface area contributed by atoms with Crippen LogP contribution in [0.4, 0.5) is 5.69 Å². The number of rotatable bonds is 12. The fourth-order valence-electron chi connectivity index (χ4n) is 4.75. The van der Waals surface area contributed by atoms with Crippen molar-refractivity contribution in [1.29, 1.82) is 0 Å². The molecule has 3 aromatic carbocycles. The Morgan fingerprint density at radius 2 is 1.69 bits per heavy atom. The fourth-order valence-corrected chi connectivity index (χ4v) is 6.37. The van der Waals surface area contributed by atoms with Crippen molar-refractivity contribution < 1.29 is 27.8 Å². The first kappa shape index (κ1) is 30.8. The minimum absolute atomic E-state index is 0.0413. The number of aliphatic hydroxyl groups is 1. The highest BCUT2D eigenvalue weighted by Gasteiger charge is 2.31. The van der Waals surface area contributed by atoms with Crippen molar-refractivity contribution in [3.05, 3.63) is 100 Å². The minimum Gasteiger partial charge on any atom is -0.508 e. The Labute approximate surface area is 244 Å². The summed E-state index contributed by atoms with van der Waals surface area (Å²) in [4.78, 5) is 25.5. The van der Waals surface area contributed by atoms with Gasteiger partial charge < -0.3 is 25.7 Å². The van der Waals surface area contributed by atoms with Crippen molar-refractivity contribution in [2.45, 2.75) is 43.7 Å². The number of carbonyl (C=O) groups is 1. The third kappa shape index (κ3) is 7.75. The summed E-state index contributed by atoms with van der Waals surface area (Å²) in [6.07, 6.45) is -1.24. The van der Waals surface area contributed by atoms with Gasteiger partial charge in [-0.2, -0.15) is 4.31 Å². The van der Waals surface area contributed by atoms with Crippen LogP contribution in [0.5, 0.6) is 5.75 Å². The number of sulfonamides is 1. The molecule has 0 spiro atoms. The van der Waals surface area contributed by atoms with E-state index in [2.05, 4.69) is 5.32 Å². The molecule has 2 atom stereocenters. The Hall–Kier alpha value is -4.19. The summed E-state index contributed by atoms with van der Waals surface area (Å²) in [7, 11) is -3.98. The highest BCUT2D eigenvalue weighted by atomic mass is 32.2. The first-order valence-corrected chi connectivity index (χ1v) is 15.0. The smallest absolute Gasteiger partial charge is 0.336 e. The molecule has 0 aliphatic carbocycles. The molecule has 0 radical (unpaired) electrons. The number of aliphatic hydroxyl groups excluding tert-OH is 1. The van der Waals surface area contributed by atoms with E-state index in [9.17, 15) is 28.2 Å². The molecule has 1 amide bonds. The van der Waals surface area contributed by atoms with Gasteiger partial charge in [-0.1, -0.05) is 44.2 Å². The normalized spacial score (nSPS) is 13.4. The maximum absolute atomic E-state index is 13.6. The van der Waals surface area contributed by atoms with Crippen LogP contribution in [0.2, 0.25) is 0 Å². The Morgan fingerprint density at radius 3 is 2.36 bits per heavy atom. The van der Waals surface area contributed by atoms with Gasteiger partial charge in [-0.25, -0.2) is 13.2 Å². The van der Waals surface area contributed by atoms with Crippen LogP contribution in [0, 0.1) is 5.92 Å². The number of nitrogens with zero attached hydrogens (tertiary/aromatic N) is 1. The van der Waals surface area contributed by atoms with Crippen molar-refractivity contribution in [2.24, 2.45) is 5.92 Å². The van der Waals surface area contributed by atoms with Crippen molar-refractivity contribution in [1.82, 2.24) is 9.62 Å². The summed E-state index contributed by atoms with van der Waals surface area (Å²) in [5.41, 5.74) is 6.86. The molecular weight excluding hydrogens is 558 g/mol. The van der Waals surface area contributed by atoms with Crippen LogP contribution >= 0.6 is 0 Å². The van der Waals surface area contributed by atoms with Gasteiger partial charge in [-0.05, 0) is 59.9 Å². The molecule has 222 valence electrons. The van der Waals surface area contributed by atoms with Gasteiger partial charge in [0.2, 0.25) is 15.9 Å². The Kier molecular flexibility index (Phi) is 9.66. The molecule has 4 aromatic rings. The number of nitrogens with one attached hydrogen (secondary N) is 1. The molecule has 0 bridgehead atoms. The zero-order valence-corrected chi connectivity index (χ0v) is 24.3. The van der Waals surface area contributed by atoms with Crippen LogP contribution in [-0.2, 0) is 27.7 Å². The summed E-state index contributed by atoms with van der Waals surface area (Å²) in [5.74, 6) is -0.606. The molecule has 0 unspecified atom stereocenters. The second-order valence-corrected chi connectivity index (χ2v) is 12.6. The average molecular weight is 594 g/mol. The Morgan fingerprint density at radius 1 is 1.00 bits per heavy atom. The number of amides is 1. The van der Waals surface area contributed by atoms with Crippen LogP contribution in [0.15, 0.2) is 93.0 Å². The van der Waals surface area contributed by atoms with Crippen molar-refractivity contribution >= 4 is 32.6 Å². The van der Waals surface area contributed by atoms with Gasteiger partial charge in [-0.15, -0.1) is 0 Å². The van der Waals surface area contributed by atoms with Gasteiger partial charge in [0.25, 0.3) is 0 Å². The van der Waals surface area contributed by atoms with Gasteiger partial charge in [-0.3, -0.25) is 4.79 Å². The van der Waals surface area contributed by atoms with Crippen molar-refractivity contribution in [3.63, 3.8) is 0 Å². The van der Waals surface area contributed by atoms with E-state index >= 15 is 0 Å². The van der Waals surface area contributed by atoms with Gasteiger partial charge in [0.05, 0.1) is 23.5 Å². The van der Waals surface area contributed by atoms with Gasteiger partial charge in [0.1, 0.15) is 11.3 Å². The molecule has 0 saturated carbocycles. The third-order valence-electron chi connectivity index (χ3n) is 6.75. The van der Waals surface area contributed by atoms with Gasteiger partial charge in [0.15, 0.2) is 0 Å². The van der Waals surface area contributed by atoms with Crippen LogP contribution in [0.1, 0.15) is 25.0 Å². The second kappa shape index (κ2) is 13.2. The maximum atomic E-state index is 13.6. The van der Waals surface area contributed by atoms with Gasteiger partial charge >= 0.3 is 5.63 Å². The largest absolute Gasteiger partial charge is 0.508 e. The Balaban J connectivity index is 1.60. The molecule has 1 heterocycles. The monoisotopic (exact) mass is 593 g/mol. The minimum atomic E-state index is -3.98. The second-order valence-electron chi connectivity index (χ2n) is 10.7. The summed E-state index contributed by atoms with van der Waals surface area (Å²) >= 11 is 0. The van der Waals surface area contributed by atoms with E-state index in [1.54, 1.807) is 6.07 Å². The van der Waals surface area contributed by atoms with E-state index < -0.39 is 33.7 Å². The number of benzene rings is 3.